The van der Waals surface area contributed by atoms with Crippen molar-refractivity contribution >= 4 is 21.1 Å². The fourth-order valence-electron chi connectivity index (χ4n) is 3.27. The first-order chi connectivity index (χ1) is 13.0. The van der Waals surface area contributed by atoms with Crippen LogP contribution in [-0.2, 0) is 10.0 Å². The summed E-state index contributed by atoms with van der Waals surface area (Å²) in [5.74, 6) is -0.0253. The number of nitrogens with zero attached hydrogens (tertiary/aromatic N) is 1. The van der Waals surface area contributed by atoms with Gasteiger partial charge in [0.1, 0.15) is 6.10 Å². The van der Waals surface area contributed by atoms with Crippen molar-refractivity contribution in [2.24, 2.45) is 0 Å². The maximum atomic E-state index is 12.6. The average molecular weight is 389 g/mol. The van der Waals surface area contributed by atoms with Crippen LogP contribution in [0.5, 0.6) is 5.88 Å². The summed E-state index contributed by atoms with van der Waals surface area (Å²) < 4.78 is 38.8. The number of aromatic amines is 1. The van der Waals surface area contributed by atoms with Gasteiger partial charge in [0.05, 0.1) is 10.4 Å². The molecule has 9 heteroatoms. The number of ether oxygens (including phenoxy) is 1. The van der Waals surface area contributed by atoms with Gasteiger partial charge in [0, 0.05) is 18.3 Å². The normalized spacial score (nSPS) is 20.6. The van der Waals surface area contributed by atoms with E-state index in [1.54, 1.807) is 6.20 Å². The second kappa shape index (κ2) is 7.16. The molecule has 2 heterocycles. The van der Waals surface area contributed by atoms with E-state index in [-0.39, 0.29) is 17.0 Å². The van der Waals surface area contributed by atoms with Crippen LogP contribution in [0.4, 0.5) is 0 Å². The van der Waals surface area contributed by atoms with Crippen molar-refractivity contribution in [3.05, 3.63) is 53.1 Å². The van der Waals surface area contributed by atoms with Gasteiger partial charge in [-0.1, -0.05) is 6.07 Å². The van der Waals surface area contributed by atoms with E-state index in [1.807, 2.05) is 18.2 Å². The van der Waals surface area contributed by atoms with E-state index in [2.05, 4.69) is 14.7 Å². The maximum absolute atomic E-state index is 12.6. The molecule has 142 valence electrons. The molecule has 0 radical (unpaired) electrons. The minimum Gasteiger partial charge on any atom is -0.474 e. The molecule has 1 fully saturated rings. The van der Waals surface area contributed by atoms with Crippen LogP contribution in [0.3, 0.4) is 0 Å². The maximum Gasteiger partial charge on any atom is 0.417 e. The Kier molecular flexibility index (Phi) is 4.71. The molecule has 0 aliphatic heterocycles. The number of benzene rings is 1. The van der Waals surface area contributed by atoms with Gasteiger partial charge in [-0.25, -0.2) is 22.9 Å². The van der Waals surface area contributed by atoms with Crippen molar-refractivity contribution in [1.82, 2.24) is 14.7 Å². The number of pyridine rings is 1. The van der Waals surface area contributed by atoms with Crippen molar-refractivity contribution in [3.63, 3.8) is 0 Å². The van der Waals surface area contributed by atoms with Crippen LogP contribution in [0, 0.1) is 0 Å². The van der Waals surface area contributed by atoms with Gasteiger partial charge in [-0.05, 0) is 49.9 Å². The van der Waals surface area contributed by atoms with Crippen LogP contribution in [0.25, 0.3) is 11.1 Å². The Hall–Kier alpha value is -2.65. The number of hydrogen-bond donors (Lipinski definition) is 2. The molecule has 8 nitrogen and oxygen atoms in total. The predicted molar refractivity (Wildman–Crippen MR) is 98.1 cm³/mol. The molecule has 0 saturated heterocycles. The molecular weight excluding hydrogens is 370 g/mol. The van der Waals surface area contributed by atoms with E-state index in [1.165, 1.54) is 18.2 Å². The van der Waals surface area contributed by atoms with Crippen molar-refractivity contribution < 1.29 is 17.6 Å². The minimum atomic E-state index is -3.69. The molecule has 0 bridgehead atoms. The monoisotopic (exact) mass is 389 g/mol. The van der Waals surface area contributed by atoms with Crippen molar-refractivity contribution in [1.29, 1.82) is 0 Å². The topological polar surface area (TPSA) is 114 Å². The van der Waals surface area contributed by atoms with E-state index >= 15 is 0 Å². The number of sulfonamides is 1. The number of oxazole rings is 1. The number of nitrogens with one attached hydrogen (secondary N) is 2. The lowest BCUT2D eigenvalue weighted by atomic mass is 9.94. The highest BCUT2D eigenvalue weighted by Gasteiger charge is 2.27. The average Bonchev–Trinajstić information content (AvgIpc) is 3.03. The van der Waals surface area contributed by atoms with E-state index in [4.69, 9.17) is 9.15 Å². The SMILES string of the molecule is O=c1[nH]c2cc(S(=O)(=O)NC3CCC(Oc4ccccn4)CC3)ccc2o1. The van der Waals surface area contributed by atoms with Crippen molar-refractivity contribution in [2.45, 2.75) is 42.7 Å². The predicted octanol–water partition coefficient (Wildman–Crippen LogP) is 2.18. The molecule has 2 aromatic heterocycles. The molecule has 1 aliphatic carbocycles. The van der Waals surface area contributed by atoms with Crippen LogP contribution >= 0.6 is 0 Å². The summed E-state index contributed by atoms with van der Waals surface area (Å²) in [7, 11) is -3.69. The van der Waals surface area contributed by atoms with Crippen LogP contribution in [0.1, 0.15) is 25.7 Å². The van der Waals surface area contributed by atoms with Crippen molar-refractivity contribution in [2.75, 3.05) is 0 Å². The fraction of sp³-hybridized carbons (Fsp3) is 0.333. The zero-order valence-corrected chi connectivity index (χ0v) is 15.2. The summed E-state index contributed by atoms with van der Waals surface area (Å²) >= 11 is 0. The third kappa shape index (κ3) is 4.04. The molecular formula is C18H19N3O5S. The smallest absolute Gasteiger partial charge is 0.417 e. The summed E-state index contributed by atoms with van der Waals surface area (Å²) in [6, 6.07) is 9.65. The quantitative estimate of drug-likeness (QED) is 0.691. The molecule has 4 rings (SSSR count). The van der Waals surface area contributed by atoms with Crippen LogP contribution in [0.15, 0.2) is 56.7 Å². The molecule has 1 aliphatic rings. The Morgan fingerprint density at radius 3 is 2.70 bits per heavy atom. The highest BCUT2D eigenvalue weighted by atomic mass is 32.2. The first kappa shape index (κ1) is 17.7. The lowest BCUT2D eigenvalue weighted by Crippen LogP contribution is -2.39. The summed E-state index contributed by atoms with van der Waals surface area (Å²) in [5.41, 5.74) is 0.682. The third-order valence-corrected chi connectivity index (χ3v) is 6.14. The number of aromatic nitrogens is 2. The summed E-state index contributed by atoms with van der Waals surface area (Å²) in [6.07, 6.45) is 4.57. The number of fused-ring (bicyclic) bond motifs is 1. The highest BCUT2D eigenvalue weighted by molar-refractivity contribution is 7.89. The standard InChI is InChI=1S/C18H19N3O5S/c22-18-20-15-11-14(8-9-16(15)26-18)27(23,24)21-12-4-6-13(7-5-12)25-17-3-1-2-10-19-17/h1-3,8-13,21H,4-7H2,(H,20,22). The van der Waals surface area contributed by atoms with Gasteiger partial charge < -0.3 is 9.15 Å². The molecule has 0 spiro atoms. The Morgan fingerprint density at radius 2 is 1.96 bits per heavy atom. The summed E-state index contributed by atoms with van der Waals surface area (Å²) in [4.78, 5) is 17.9. The van der Waals surface area contributed by atoms with E-state index < -0.39 is 15.8 Å². The van der Waals surface area contributed by atoms with Gasteiger partial charge in [0.2, 0.25) is 15.9 Å². The van der Waals surface area contributed by atoms with Gasteiger partial charge in [0.15, 0.2) is 5.58 Å². The number of rotatable bonds is 5. The molecule has 0 atom stereocenters. The zero-order valence-electron chi connectivity index (χ0n) is 14.4. The fourth-order valence-corrected chi connectivity index (χ4v) is 4.60. The van der Waals surface area contributed by atoms with Gasteiger partial charge in [-0.15, -0.1) is 0 Å². The van der Waals surface area contributed by atoms with Crippen LogP contribution in [0.2, 0.25) is 0 Å². The summed E-state index contributed by atoms with van der Waals surface area (Å²) in [5, 5.41) is 0. The Morgan fingerprint density at radius 1 is 1.15 bits per heavy atom. The molecule has 2 N–H and O–H groups in total. The van der Waals surface area contributed by atoms with Crippen LogP contribution < -0.4 is 15.2 Å². The van der Waals surface area contributed by atoms with Gasteiger partial charge in [-0.3, -0.25) is 4.98 Å². The van der Waals surface area contributed by atoms with Gasteiger partial charge in [0.25, 0.3) is 0 Å². The van der Waals surface area contributed by atoms with Gasteiger partial charge >= 0.3 is 5.76 Å². The molecule has 1 aromatic carbocycles. The highest BCUT2D eigenvalue weighted by Crippen LogP contribution is 2.24. The second-order valence-electron chi connectivity index (χ2n) is 6.55. The van der Waals surface area contributed by atoms with Gasteiger partial charge in [-0.2, -0.15) is 0 Å². The molecule has 0 unspecified atom stereocenters. The van der Waals surface area contributed by atoms with E-state index in [0.717, 1.165) is 12.8 Å². The minimum absolute atomic E-state index is 0.0352. The zero-order chi connectivity index (χ0) is 18.9. The van der Waals surface area contributed by atoms with E-state index in [0.29, 0.717) is 29.8 Å². The molecule has 3 aromatic rings. The first-order valence-electron chi connectivity index (χ1n) is 8.72. The first-order valence-corrected chi connectivity index (χ1v) is 10.2. The molecule has 0 amide bonds. The summed E-state index contributed by atoms with van der Waals surface area (Å²) in [6.45, 7) is 0. The third-order valence-electron chi connectivity index (χ3n) is 4.62. The lowest BCUT2D eigenvalue weighted by Gasteiger charge is -2.29. The van der Waals surface area contributed by atoms with Crippen molar-refractivity contribution in [3.8, 4) is 5.88 Å². The van der Waals surface area contributed by atoms with Crippen LogP contribution in [-0.4, -0.2) is 30.5 Å². The Labute approximate surface area is 155 Å². The second-order valence-corrected chi connectivity index (χ2v) is 8.27. The number of hydrogen-bond acceptors (Lipinski definition) is 6. The number of H-pyrrole nitrogens is 1. The Balaban J connectivity index is 1.39. The molecule has 27 heavy (non-hydrogen) atoms. The Bertz CT molecular complexity index is 1080. The molecule has 1 saturated carbocycles. The largest absolute Gasteiger partial charge is 0.474 e. The lowest BCUT2D eigenvalue weighted by molar-refractivity contribution is 0.138. The van der Waals surface area contributed by atoms with E-state index in [9.17, 15) is 13.2 Å².